The lowest BCUT2D eigenvalue weighted by Gasteiger charge is -2.26. The molecule has 2 saturated carbocycles. The Bertz CT molecular complexity index is 1170. The Morgan fingerprint density at radius 2 is 1.94 bits per heavy atom. The van der Waals surface area contributed by atoms with Gasteiger partial charge >= 0.3 is 0 Å². The molecule has 6 N–H and O–H groups in total. The first kappa shape index (κ1) is 24.4. The van der Waals surface area contributed by atoms with E-state index in [1.807, 2.05) is 25.1 Å². The zero-order valence-electron chi connectivity index (χ0n) is 19.5. The highest BCUT2D eigenvalue weighted by Crippen LogP contribution is 2.37. The molecule has 0 saturated heterocycles. The van der Waals surface area contributed by atoms with E-state index in [2.05, 4.69) is 20.3 Å². The van der Waals surface area contributed by atoms with Gasteiger partial charge in [0.05, 0.1) is 17.7 Å². The van der Waals surface area contributed by atoms with E-state index in [1.54, 1.807) is 0 Å². The molecule has 0 radical (unpaired) electrons. The van der Waals surface area contributed by atoms with Gasteiger partial charge in [0.25, 0.3) is 5.91 Å². The van der Waals surface area contributed by atoms with Crippen LogP contribution in [-0.2, 0) is 6.54 Å². The molecule has 0 bridgehead atoms. The number of nitrogens with zero attached hydrogens (tertiary/aromatic N) is 2. The summed E-state index contributed by atoms with van der Waals surface area (Å²) in [6, 6.07) is 6.35. The van der Waals surface area contributed by atoms with Crippen molar-refractivity contribution in [3.05, 3.63) is 41.3 Å². The normalized spacial score (nSPS) is 20.1. The van der Waals surface area contributed by atoms with E-state index in [-0.39, 0.29) is 30.4 Å². The molecule has 182 valence electrons. The second kappa shape index (κ2) is 10.3. The Kier molecular flexibility index (Phi) is 7.40. The number of carbonyl (C=O) groups excluding carboxylic acids is 1. The van der Waals surface area contributed by atoms with Gasteiger partial charge in [0, 0.05) is 29.9 Å². The van der Waals surface area contributed by atoms with Crippen molar-refractivity contribution in [3.8, 4) is 17.0 Å². The van der Waals surface area contributed by atoms with Gasteiger partial charge in [-0.3, -0.25) is 4.79 Å². The topological polar surface area (TPSA) is 132 Å². The summed E-state index contributed by atoms with van der Waals surface area (Å²) in [5, 5.41) is 3.19. The minimum Gasteiger partial charge on any atom is -0.493 e. The summed E-state index contributed by atoms with van der Waals surface area (Å²) in [6.07, 6.45) is 7.63. The van der Waals surface area contributed by atoms with E-state index in [9.17, 15) is 4.79 Å². The molecule has 1 amide bonds. The van der Waals surface area contributed by atoms with Crippen LogP contribution in [0, 0.1) is 12.8 Å². The Balaban J connectivity index is 0.00000274. The highest BCUT2D eigenvalue weighted by molar-refractivity contribution is 6.09. The summed E-state index contributed by atoms with van der Waals surface area (Å²) in [7, 11) is 0. The van der Waals surface area contributed by atoms with Crippen molar-refractivity contribution in [1.82, 2.24) is 20.3 Å². The van der Waals surface area contributed by atoms with Crippen LogP contribution in [0.25, 0.3) is 22.3 Å². The van der Waals surface area contributed by atoms with Gasteiger partial charge in [-0.2, -0.15) is 0 Å². The number of amides is 1. The second-order valence-electron chi connectivity index (χ2n) is 9.45. The molecule has 0 atom stereocenters. The Hall–Kier alpha value is -2.68. The van der Waals surface area contributed by atoms with Crippen molar-refractivity contribution >= 4 is 29.3 Å². The highest BCUT2D eigenvalue weighted by atomic mass is 35.5. The van der Waals surface area contributed by atoms with Gasteiger partial charge in [-0.05, 0) is 69.1 Å². The van der Waals surface area contributed by atoms with Crippen molar-refractivity contribution < 1.29 is 9.53 Å². The summed E-state index contributed by atoms with van der Waals surface area (Å²) in [4.78, 5) is 25.7. The number of aromatic amines is 1. The molecule has 5 rings (SSSR count). The fraction of sp³-hybridized carbons (Fsp3) is 0.480. The number of aryl methyl sites for hydroxylation is 1. The van der Waals surface area contributed by atoms with Crippen LogP contribution in [0.2, 0.25) is 0 Å². The maximum Gasteiger partial charge on any atom is 0.255 e. The number of ether oxygens (including phenoxy) is 1. The lowest BCUT2D eigenvalue weighted by Crippen LogP contribution is -2.40. The monoisotopic (exact) mass is 484 g/mol. The molecule has 0 aliphatic heterocycles. The maximum absolute atomic E-state index is 13.2. The van der Waals surface area contributed by atoms with E-state index >= 15 is 0 Å². The van der Waals surface area contributed by atoms with Crippen molar-refractivity contribution in [2.75, 3.05) is 6.61 Å². The molecule has 0 unspecified atom stereocenters. The average Bonchev–Trinajstić information content (AvgIpc) is 3.58. The number of nitrogens with one attached hydrogen (secondary N) is 2. The molecule has 1 aromatic carbocycles. The van der Waals surface area contributed by atoms with Gasteiger partial charge in [-0.1, -0.05) is 6.07 Å². The van der Waals surface area contributed by atoms with E-state index < -0.39 is 0 Å². The van der Waals surface area contributed by atoms with Crippen LogP contribution in [0.15, 0.2) is 24.5 Å². The van der Waals surface area contributed by atoms with E-state index in [0.29, 0.717) is 35.8 Å². The molecular weight excluding hydrogens is 452 g/mol. The standard InChI is InChI=1S/C25H32N6O2.ClH/c1-14-21(25(32)31-18-7-5-17(27)6-8-18)23-24(30-14)22(28-13-29-23)19-10-16(11-26)4-9-20(19)33-12-15-2-3-15;/h4,9-10,13,15,17-18,30H,2-3,5-8,11-12,26-27H2,1H3,(H,31,32);1H/t17-,18-;. The van der Waals surface area contributed by atoms with Gasteiger partial charge in [0.2, 0.25) is 0 Å². The lowest BCUT2D eigenvalue weighted by atomic mass is 9.91. The number of benzene rings is 1. The molecule has 3 aromatic rings. The van der Waals surface area contributed by atoms with Gasteiger partial charge in [0.1, 0.15) is 23.3 Å². The first-order chi connectivity index (χ1) is 16.0. The van der Waals surface area contributed by atoms with Gasteiger partial charge in [-0.15, -0.1) is 12.4 Å². The van der Waals surface area contributed by atoms with Crippen molar-refractivity contribution in [3.63, 3.8) is 0 Å². The summed E-state index contributed by atoms with van der Waals surface area (Å²) in [6.45, 7) is 3.02. The fourth-order valence-corrected chi connectivity index (χ4v) is 4.63. The smallest absolute Gasteiger partial charge is 0.255 e. The Morgan fingerprint density at radius 3 is 2.65 bits per heavy atom. The summed E-state index contributed by atoms with van der Waals surface area (Å²) >= 11 is 0. The number of rotatable bonds is 7. The van der Waals surface area contributed by atoms with Crippen LogP contribution in [0.4, 0.5) is 0 Å². The molecule has 2 aromatic heterocycles. The van der Waals surface area contributed by atoms with E-state index in [1.165, 1.54) is 19.2 Å². The second-order valence-corrected chi connectivity index (χ2v) is 9.45. The zero-order chi connectivity index (χ0) is 22.9. The molecule has 8 nitrogen and oxygen atoms in total. The number of hydrogen-bond acceptors (Lipinski definition) is 6. The average molecular weight is 485 g/mol. The summed E-state index contributed by atoms with van der Waals surface area (Å²) in [5.74, 6) is 1.30. The minimum absolute atomic E-state index is 0. The quantitative estimate of drug-likeness (QED) is 0.405. The van der Waals surface area contributed by atoms with E-state index in [0.717, 1.165) is 53.8 Å². The zero-order valence-corrected chi connectivity index (χ0v) is 20.3. The summed E-state index contributed by atoms with van der Waals surface area (Å²) in [5.41, 5.74) is 17.2. The van der Waals surface area contributed by atoms with Gasteiger partial charge in [0.15, 0.2) is 0 Å². The van der Waals surface area contributed by atoms with Crippen LogP contribution < -0.4 is 21.5 Å². The first-order valence-corrected chi connectivity index (χ1v) is 11.9. The molecule has 34 heavy (non-hydrogen) atoms. The lowest BCUT2D eigenvalue weighted by molar-refractivity contribution is 0.0927. The largest absolute Gasteiger partial charge is 0.493 e. The Morgan fingerprint density at radius 1 is 1.18 bits per heavy atom. The predicted molar refractivity (Wildman–Crippen MR) is 135 cm³/mol. The highest BCUT2D eigenvalue weighted by Gasteiger charge is 2.26. The fourth-order valence-electron chi connectivity index (χ4n) is 4.63. The van der Waals surface area contributed by atoms with Crippen molar-refractivity contribution in [2.45, 2.75) is 64.1 Å². The maximum atomic E-state index is 13.2. The number of fused-ring (bicyclic) bond motifs is 1. The Labute approximate surface area is 205 Å². The molecule has 2 heterocycles. The first-order valence-electron chi connectivity index (χ1n) is 11.9. The third-order valence-corrected chi connectivity index (χ3v) is 6.81. The van der Waals surface area contributed by atoms with E-state index in [4.69, 9.17) is 16.2 Å². The molecule has 9 heteroatoms. The summed E-state index contributed by atoms with van der Waals surface area (Å²) < 4.78 is 6.15. The van der Waals surface area contributed by atoms with Crippen LogP contribution in [0.1, 0.15) is 60.1 Å². The number of halogens is 1. The van der Waals surface area contributed by atoms with Gasteiger partial charge < -0.3 is 26.5 Å². The third kappa shape index (κ3) is 5.04. The van der Waals surface area contributed by atoms with Crippen LogP contribution in [0.5, 0.6) is 5.75 Å². The van der Waals surface area contributed by atoms with Crippen LogP contribution in [0.3, 0.4) is 0 Å². The number of aromatic nitrogens is 3. The minimum atomic E-state index is -0.107. The predicted octanol–water partition coefficient (Wildman–Crippen LogP) is 3.60. The number of hydrogen-bond donors (Lipinski definition) is 4. The van der Waals surface area contributed by atoms with Gasteiger partial charge in [-0.25, -0.2) is 9.97 Å². The molecule has 2 aliphatic carbocycles. The number of carbonyl (C=O) groups is 1. The number of nitrogens with two attached hydrogens (primary N) is 2. The molecule has 2 aliphatic rings. The molecule has 2 fully saturated rings. The van der Waals surface area contributed by atoms with Crippen molar-refractivity contribution in [1.29, 1.82) is 0 Å². The van der Waals surface area contributed by atoms with Crippen LogP contribution in [-0.4, -0.2) is 39.5 Å². The third-order valence-electron chi connectivity index (χ3n) is 6.81. The number of H-pyrrole nitrogens is 1. The molecular formula is C25H33ClN6O2. The molecule has 0 spiro atoms. The van der Waals surface area contributed by atoms with Crippen molar-refractivity contribution in [2.24, 2.45) is 17.4 Å². The SMILES string of the molecule is Cc1[nH]c2c(-c3cc(CN)ccc3OCC3CC3)ncnc2c1C(=O)N[C@H]1CC[C@H](N)CC1.Cl. The van der Waals surface area contributed by atoms with Crippen LogP contribution >= 0.6 is 12.4 Å².